The topological polar surface area (TPSA) is 23.5 Å². The zero-order valence-electron chi connectivity index (χ0n) is 9.85. The van der Waals surface area contributed by atoms with E-state index in [2.05, 4.69) is 57.2 Å². The maximum atomic E-state index is 9.40. The average molecular weight is 296 g/mol. The summed E-state index contributed by atoms with van der Waals surface area (Å²) in [7, 11) is 0. The molecule has 0 amide bonds. The molecule has 2 rings (SSSR count). The Morgan fingerprint density at radius 2 is 2.12 bits per heavy atom. The summed E-state index contributed by atoms with van der Waals surface area (Å²) in [5, 5.41) is 9.40. The fraction of sp³-hybridized carbons (Fsp3) is 0.429. The van der Waals surface area contributed by atoms with Gasteiger partial charge in [0, 0.05) is 24.1 Å². The lowest BCUT2D eigenvalue weighted by molar-refractivity contribution is 0.177. The second-order valence-electron chi connectivity index (χ2n) is 4.49. The number of halogens is 1. The molecule has 0 bridgehead atoms. The Balaban J connectivity index is 1.72. The highest BCUT2D eigenvalue weighted by Gasteiger charge is 2.18. The van der Waals surface area contributed by atoms with Gasteiger partial charge in [-0.15, -0.1) is 0 Å². The Morgan fingerprint density at radius 3 is 2.76 bits per heavy atom. The van der Waals surface area contributed by atoms with Gasteiger partial charge < -0.3 is 10.0 Å². The average Bonchev–Trinajstić information content (AvgIpc) is 2.73. The predicted molar refractivity (Wildman–Crippen MR) is 74.9 cm³/mol. The summed E-state index contributed by atoms with van der Waals surface area (Å²) in [5.74, 6) is 0. The third-order valence-electron chi connectivity index (χ3n) is 3.04. The molecule has 1 saturated heterocycles. The Kier molecular flexibility index (Phi) is 4.77. The van der Waals surface area contributed by atoms with Crippen molar-refractivity contribution in [1.29, 1.82) is 0 Å². The van der Waals surface area contributed by atoms with E-state index >= 15 is 0 Å². The molecule has 0 spiro atoms. The molecule has 17 heavy (non-hydrogen) atoms. The molecule has 1 N–H and O–H groups in total. The van der Waals surface area contributed by atoms with Gasteiger partial charge in [-0.05, 0) is 30.5 Å². The lowest BCUT2D eigenvalue weighted by atomic mass is 10.2. The van der Waals surface area contributed by atoms with E-state index in [0.717, 1.165) is 36.9 Å². The number of likely N-dealkylation sites (tertiary alicyclic amines) is 1. The zero-order valence-corrected chi connectivity index (χ0v) is 11.4. The summed E-state index contributed by atoms with van der Waals surface area (Å²) in [5.41, 5.74) is 1.23. The number of aliphatic hydroxyl groups is 1. The molecule has 0 aliphatic carbocycles. The van der Waals surface area contributed by atoms with Crippen molar-refractivity contribution in [1.82, 2.24) is 4.90 Å². The molecule has 1 atom stereocenters. The van der Waals surface area contributed by atoms with Crippen LogP contribution in [0.1, 0.15) is 18.4 Å². The van der Waals surface area contributed by atoms with Crippen LogP contribution >= 0.6 is 15.9 Å². The van der Waals surface area contributed by atoms with Gasteiger partial charge >= 0.3 is 0 Å². The number of rotatable bonds is 4. The quantitative estimate of drug-likeness (QED) is 0.923. The third-order valence-corrected chi connectivity index (χ3v) is 3.57. The molecule has 3 heteroatoms. The molecule has 1 unspecified atom stereocenters. The van der Waals surface area contributed by atoms with Gasteiger partial charge in [-0.1, -0.05) is 40.2 Å². The van der Waals surface area contributed by atoms with Crippen LogP contribution in [-0.4, -0.2) is 35.7 Å². The smallest absolute Gasteiger partial charge is 0.0679 e. The number of hydrogen-bond donors (Lipinski definition) is 1. The van der Waals surface area contributed by atoms with E-state index in [9.17, 15) is 5.11 Å². The molecule has 2 nitrogen and oxygen atoms in total. The van der Waals surface area contributed by atoms with Gasteiger partial charge in [0.15, 0.2) is 0 Å². The van der Waals surface area contributed by atoms with Gasteiger partial charge in [-0.2, -0.15) is 0 Å². The molecule has 0 aromatic heterocycles. The second kappa shape index (κ2) is 6.34. The Morgan fingerprint density at radius 1 is 1.35 bits per heavy atom. The van der Waals surface area contributed by atoms with Crippen molar-refractivity contribution in [2.45, 2.75) is 18.9 Å². The maximum Gasteiger partial charge on any atom is 0.0679 e. The molecule has 1 aromatic rings. The van der Waals surface area contributed by atoms with Crippen LogP contribution in [0.3, 0.4) is 0 Å². The Hall–Kier alpha value is -0.640. The fourth-order valence-corrected chi connectivity index (χ4v) is 2.33. The zero-order chi connectivity index (χ0) is 12.1. The van der Waals surface area contributed by atoms with E-state index < -0.39 is 0 Å². The van der Waals surface area contributed by atoms with Gasteiger partial charge in [0.25, 0.3) is 0 Å². The molecular weight excluding hydrogens is 278 g/mol. The van der Waals surface area contributed by atoms with Crippen LogP contribution in [0.2, 0.25) is 0 Å². The van der Waals surface area contributed by atoms with Crippen molar-refractivity contribution < 1.29 is 5.11 Å². The highest BCUT2D eigenvalue weighted by atomic mass is 79.9. The molecule has 0 radical (unpaired) electrons. The summed E-state index contributed by atoms with van der Waals surface area (Å²) in [6.45, 7) is 2.92. The summed E-state index contributed by atoms with van der Waals surface area (Å²) >= 11 is 3.42. The minimum Gasteiger partial charge on any atom is -0.392 e. The van der Waals surface area contributed by atoms with E-state index in [4.69, 9.17) is 0 Å². The van der Waals surface area contributed by atoms with Crippen LogP contribution in [0.25, 0.3) is 6.08 Å². The largest absolute Gasteiger partial charge is 0.392 e. The van der Waals surface area contributed by atoms with Gasteiger partial charge in [-0.25, -0.2) is 0 Å². The third kappa shape index (κ3) is 4.26. The van der Waals surface area contributed by atoms with Crippen LogP contribution in [0.5, 0.6) is 0 Å². The summed E-state index contributed by atoms with van der Waals surface area (Å²) in [4.78, 5) is 2.32. The van der Waals surface area contributed by atoms with E-state index in [1.54, 1.807) is 0 Å². The van der Waals surface area contributed by atoms with Gasteiger partial charge in [0.1, 0.15) is 0 Å². The standard InChI is InChI=1S/C14H18BrNO/c15-13-6-4-12(5-7-13)3-1-2-9-16-10-8-14(17)11-16/h1,3-7,14,17H,2,8-11H2/b3-1+. The Labute approximate surface area is 111 Å². The fourth-order valence-electron chi connectivity index (χ4n) is 2.07. The van der Waals surface area contributed by atoms with Crippen LogP contribution in [0.4, 0.5) is 0 Å². The van der Waals surface area contributed by atoms with Gasteiger partial charge in [-0.3, -0.25) is 0 Å². The first-order chi connectivity index (χ1) is 8.24. The second-order valence-corrected chi connectivity index (χ2v) is 5.40. The highest BCUT2D eigenvalue weighted by molar-refractivity contribution is 9.10. The normalized spacial score (nSPS) is 21.4. The first-order valence-corrected chi connectivity index (χ1v) is 6.86. The lowest BCUT2D eigenvalue weighted by Crippen LogP contribution is -2.22. The molecule has 1 aromatic carbocycles. The van der Waals surface area contributed by atoms with E-state index in [1.165, 1.54) is 5.56 Å². The van der Waals surface area contributed by atoms with Crippen molar-refractivity contribution in [2.75, 3.05) is 19.6 Å². The molecule has 1 fully saturated rings. The highest BCUT2D eigenvalue weighted by Crippen LogP contribution is 2.12. The van der Waals surface area contributed by atoms with Crippen LogP contribution in [-0.2, 0) is 0 Å². The van der Waals surface area contributed by atoms with E-state index in [0.29, 0.717) is 0 Å². The maximum absolute atomic E-state index is 9.40. The van der Waals surface area contributed by atoms with Gasteiger partial charge in [0.2, 0.25) is 0 Å². The van der Waals surface area contributed by atoms with E-state index in [1.807, 2.05) is 0 Å². The van der Waals surface area contributed by atoms with Crippen LogP contribution in [0, 0.1) is 0 Å². The number of hydrogen-bond acceptors (Lipinski definition) is 2. The molecule has 1 aliphatic heterocycles. The number of nitrogens with zero attached hydrogens (tertiary/aromatic N) is 1. The van der Waals surface area contributed by atoms with Crippen LogP contribution in [0.15, 0.2) is 34.8 Å². The van der Waals surface area contributed by atoms with Crippen molar-refractivity contribution in [3.8, 4) is 0 Å². The predicted octanol–water partition coefficient (Wildman–Crippen LogP) is 2.92. The number of β-amino-alcohol motifs (C(OH)–C–C–N with tert-alkyl or cyclic N) is 1. The van der Waals surface area contributed by atoms with Crippen LogP contribution < -0.4 is 0 Å². The number of aliphatic hydroxyl groups excluding tert-OH is 1. The summed E-state index contributed by atoms with van der Waals surface area (Å²) < 4.78 is 1.11. The minimum absolute atomic E-state index is 0.106. The Bertz CT molecular complexity index is 374. The molecular formula is C14H18BrNO. The molecule has 1 heterocycles. The van der Waals surface area contributed by atoms with Crippen molar-refractivity contribution in [3.05, 3.63) is 40.4 Å². The van der Waals surface area contributed by atoms with Gasteiger partial charge in [0.05, 0.1) is 6.10 Å². The SMILES string of the molecule is OC1CCN(CC/C=C/c2ccc(Br)cc2)C1. The molecule has 92 valence electrons. The van der Waals surface area contributed by atoms with E-state index in [-0.39, 0.29) is 6.10 Å². The first kappa shape index (κ1) is 12.8. The monoisotopic (exact) mass is 295 g/mol. The molecule has 1 aliphatic rings. The van der Waals surface area contributed by atoms with Crippen molar-refractivity contribution in [3.63, 3.8) is 0 Å². The molecule has 0 saturated carbocycles. The minimum atomic E-state index is -0.106. The summed E-state index contributed by atoms with van der Waals surface area (Å²) in [6, 6.07) is 8.30. The summed E-state index contributed by atoms with van der Waals surface area (Å²) in [6.07, 6.45) is 6.22. The van der Waals surface area contributed by atoms with Crippen molar-refractivity contribution in [2.24, 2.45) is 0 Å². The first-order valence-electron chi connectivity index (χ1n) is 6.06. The van der Waals surface area contributed by atoms with Crippen molar-refractivity contribution >= 4 is 22.0 Å². The number of benzene rings is 1. The lowest BCUT2D eigenvalue weighted by Gasteiger charge is -2.12.